The molecule has 1 saturated carbocycles. The summed E-state index contributed by atoms with van der Waals surface area (Å²) in [5.41, 5.74) is -0.0640. The fourth-order valence-electron chi connectivity index (χ4n) is 3.96. The van der Waals surface area contributed by atoms with Crippen LogP contribution in [0.15, 0.2) is 48.5 Å². The predicted octanol–water partition coefficient (Wildman–Crippen LogP) is 5.41. The van der Waals surface area contributed by atoms with Crippen molar-refractivity contribution in [2.75, 3.05) is 6.54 Å². The van der Waals surface area contributed by atoms with Crippen LogP contribution < -0.4 is 5.32 Å². The second-order valence-electron chi connectivity index (χ2n) is 7.35. The van der Waals surface area contributed by atoms with Crippen molar-refractivity contribution in [1.82, 2.24) is 5.32 Å². The quantitative estimate of drug-likeness (QED) is 0.677. The molecule has 0 spiro atoms. The van der Waals surface area contributed by atoms with Gasteiger partial charge in [-0.3, -0.25) is 4.79 Å². The van der Waals surface area contributed by atoms with Gasteiger partial charge in [-0.05, 0) is 48.6 Å². The van der Waals surface area contributed by atoms with E-state index in [1.165, 1.54) is 18.2 Å². The Labute approximate surface area is 162 Å². The van der Waals surface area contributed by atoms with Gasteiger partial charge < -0.3 is 5.32 Å². The molecule has 0 unspecified atom stereocenters. The Morgan fingerprint density at radius 3 is 2.32 bits per heavy atom. The lowest BCUT2D eigenvalue weighted by Gasteiger charge is -2.36. The summed E-state index contributed by atoms with van der Waals surface area (Å²) in [6.45, 7) is 0.253. The molecule has 1 amide bonds. The standard InChI is InChI=1S/C22H23F4NO/c23-19-9-7-17(8-10-19)21(12-2-1-3-13-21)20(28)27-14-11-16-5-4-6-18(15-16)22(24,25)26/h4-10,15H,1-3,11-14H2,(H,27,28). The Morgan fingerprint density at radius 2 is 1.68 bits per heavy atom. The normalized spacial score (nSPS) is 16.6. The number of hydrogen-bond donors (Lipinski definition) is 1. The molecule has 1 N–H and O–H groups in total. The van der Waals surface area contributed by atoms with E-state index in [0.717, 1.165) is 37.0 Å². The Kier molecular flexibility index (Phi) is 6.06. The molecule has 1 aliphatic rings. The van der Waals surface area contributed by atoms with Gasteiger partial charge in [0.2, 0.25) is 5.91 Å². The van der Waals surface area contributed by atoms with Crippen molar-refractivity contribution in [2.45, 2.75) is 50.1 Å². The number of nitrogens with one attached hydrogen (secondary N) is 1. The lowest BCUT2D eigenvalue weighted by atomic mass is 9.68. The smallest absolute Gasteiger partial charge is 0.355 e. The van der Waals surface area contributed by atoms with E-state index < -0.39 is 17.2 Å². The van der Waals surface area contributed by atoms with Gasteiger partial charge in [-0.15, -0.1) is 0 Å². The van der Waals surface area contributed by atoms with Gasteiger partial charge in [-0.2, -0.15) is 13.2 Å². The van der Waals surface area contributed by atoms with Crippen molar-refractivity contribution in [3.8, 4) is 0 Å². The molecular weight excluding hydrogens is 370 g/mol. The molecule has 1 fully saturated rings. The molecule has 2 aromatic rings. The minimum absolute atomic E-state index is 0.134. The minimum atomic E-state index is -4.38. The van der Waals surface area contributed by atoms with Gasteiger partial charge >= 0.3 is 6.18 Å². The van der Waals surface area contributed by atoms with Crippen molar-refractivity contribution in [1.29, 1.82) is 0 Å². The first-order valence-corrected chi connectivity index (χ1v) is 9.52. The van der Waals surface area contributed by atoms with E-state index >= 15 is 0 Å². The average molecular weight is 393 g/mol. The number of rotatable bonds is 5. The van der Waals surface area contributed by atoms with E-state index in [4.69, 9.17) is 0 Å². The summed E-state index contributed by atoms with van der Waals surface area (Å²) in [5.74, 6) is -0.481. The predicted molar refractivity (Wildman–Crippen MR) is 99.3 cm³/mol. The molecule has 3 rings (SSSR count). The Balaban J connectivity index is 1.69. The Bertz CT molecular complexity index is 808. The van der Waals surface area contributed by atoms with E-state index in [1.807, 2.05) is 0 Å². The molecule has 28 heavy (non-hydrogen) atoms. The zero-order valence-corrected chi connectivity index (χ0v) is 15.5. The van der Waals surface area contributed by atoms with Crippen LogP contribution >= 0.6 is 0 Å². The van der Waals surface area contributed by atoms with Gasteiger partial charge in [0.15, 0.2) is 0 Å². The molecule has 0 aliphatic heterocycles. The molecule has 1 aliphatic carbocycles. The fraction of sp³-hybridized carbons (Fsp3) is 0.409. The molecule has 0 bridgehead atoms. The number of carbonyl (C=O) groups is 1. The van der Waals surface area contributed by atoms with E-state index in [1.54, 1.807) is 18.2 Å². The first-order chi connectivity index (χ1) is 13.3. The fourth-order valence-corrected chi connectivity index (χ4v) is 3.96. The van der Waals surface area contributed by atoms with Gasteiger partial charge in [0.25, 0.3) is 0 Å². The molecular formula is C22H23F4NO. The zero-order chi connectivity index (χ0) is 20.2. The van der Waals surface area contributed by atoms with Crippen LogP contribution in [0, 0.1) is 5.82 Å². The molecule has 0 heterocycles. The maximum Gasteiger partial charge on any atom is 0.416 e. The summed E-state index contributed by atoms with van der Waals surface area (Å²) in [4.78, 5) is 13.0. The summed E-state index contributed by atoms with van der Waals surface area (Å²) >= 11 is 0. The van der Waals surface area contributed by atoms with Crippen LogP contribution in [0.1, 0.15) is 48.8 Å². The molecule has 2 aromatic carbocycles. The molecule has 0 saturated heterocycles. The van der Waals surface area contributed by atoms with Gasteiger partial charge in [0, 0.05) is 6.54 Å². The first-order valence-electron chi connectivity index (χ1n) is 9.52. The number of hydrogen-bond acceptors (Lipinski definition) is 1. The van der Waals surface area contributed by atoms with E-state index in [2.05, 4.69) is 5.32 Å². The highest BCUT2D eigenvalue weighted by Crippen LogP contribution is 2.39. The number of alkyl halides is 3. The first kappa shape index (κ1) is 20.4. The molecule has 6 heteroatoms. The maximum absolute atomic E-state index is 13.3. The largest absolute Gasteiger partial charge is 0.416 e. The minimum Gasteiger partial charge on any atom is -0.355 e. The van der Waals surface area contributed by atoms with Crippen LogP contribution in [-0.4, -0.2) is 12.5 Å². The summed E-state index contributed by atoms with van der Waals surface area (Å²) in [6.07, 6.45) is 0.197. The van der Waals surface area contributed by atoms with Crippen molar-refractivity contribution in [3.63, 3.8) is 0 Å². The number of carbonyl (C=O) groups excluding carboxylic acids is 1. The highest BCUT2D eigenvalue weighted by atomic mass is 19.4. The van der Waals surface area contributed by atoms with Crippen LogP contribution in [0.5, 0.6) is 0 Å². The second-order valence-corrected chi connectivity index (χ2v) is 7.35. The molecule has 0 atom stereocenters. The third-order valence-corrected chi connectivity index (χ3v) is 5.49. The average Bonchev–Trinajstić information content (AvgIpc) is 2.68. The monoisotopic (exact) mass is 393 g/mol. The summed E-state index contributed by atoms with van der Waals surface area (Å²) < 4.78 is 51.8. The summed E-state index contributed by atoms with van der Waals surface area (Å²) in [6, 6.07) is 11.2. The van der Waals surface area contributed by atoms with Crippen LogP contribution in [0.2, 0.25) is 0 Å². The van der Waals surface area contributed by atoms with Crippen LogP contribution in [0.25, 0.3) is 0 Å². The summed E-state index contributed by atoms with van der Waals surface area (Å²) in [5, 5.41) is 2.90. The third-order valence-electron chi connectivity index (χ3n) is 5.49. The third kappa shape index (κ3) is 4.54. The summed E-state index contributed by atoms with van der Waals surface area (Å²) in [7, 11) is 0. The van der Waals surface area contributed by atoms with Gasteiger partial charge in [0.05, 0.1) is 11.0 Å². The number of halogens is 4. The van der Waals surface area contributed by atoms with Gasteiger partial charge in [-0.1, -0.05) is 49.6 Å². The van der Waals surface area contributed by atoms with Gasteiger partial charge in [-0.25, -0.2) is 4.39 Å². The van der Waals surface area contributed by atoms with Gasteiger partial charge in [0.1, 0.15) is 5.82 Å². The van der Waals surface area contributed by atoms with E-state index in [-0.39, 0.29) is 18.3 Å². The molecule has 0 radical (unpaired) electrons. The SMILES string of the molecule is O=C(NCCc1cccc(C(F)(F)F)c1)C1(c2ccc(F)cc2)CCCCC1. The second kappa shape index (κ2) is 8.33. The lowest BCUT2D eigenvalue weighted by molar-refractivity contribution is -0.137. The lowest BCUT2D eigenvalue weighted by Crippen LogP contribution is -2.46. The number of benzene rings is 2. The van der Waals surface area contributed by atoms with Crippen LogP contribution in [0.3, 0.4) is 0 Å². The molecule has 2 nitrogen and oxygen atoms in total. The van der Waals surface area contributed by atoms with Crippen LogP contribution in [0.4, 0.5) is 17.6 Å². The van der Waals surface area contributed by atoms with Crippen molar-refractivity contribution in [2.24, 2.45) is 0 Å². The van der Waals surface area contributed by atoms with Crippen LogP contribution in [-0.2, 0) is 22.8 Å². The highest BCUT2D eigenvalue weighted by molar-refractivity contribution is 5.88. The molecule has 0 aromatic heterocycles. The Hall–Kier alpha value is -2.37. The molecule has 150 valence electrons. The zero-order valence-electron chi connectivity index (χ0n) is 15.5. The van der Waals surface area contributed by atoms with Crippen molar-refractivity contribution in [3.05, 3.63) is 71.0 Å². The van der Waals surface area contributed by atoms with E-state index in [0.29, 0.717) is 24.8 Å². The maximum atomic E-state index is 13.3. The van der Waals surface area contributed by atoms with Crippen molar-refractivity contribution >= 4 is 5.91 Å². The highest BCUT2D eigenvalue weighted by Gasteiger charge is 2.40. The topological polar surface area (TPSA) is 29.1 Å². The van der Waals surface area contributed by atoms with E-state index in [9.17, 15) is 22.4 Å². The van der Waals surface area contributed by atoms with Crippen molar-refractivity contribution < 1.29 is 22.4 Å². The Morgan fingerprint density at radius 1 is 1.00 bits per heavy atom. The number of amides is 1.